The van der Waals surface area contributed by atoms with Crippen molar-refractivity contribution in [2.45, 2.75) is 19.9 Å². The molecule has 1 N–H and O–H groups in total. The summed E-state index contributed by atoms with van der Waals surface area (Å²) in [6.45, 7) is 4.21. The minimum atomic E-state index is 0.276. The normalized spacial score (nSPS) is 11.0. The van der Waals surface area contributed by atoms with Crippen LogP contribution in [0.5, 0.6) is 5.75 Å². The Hall–Kier alpha value is -1.29. The molecule has 0 fully saturated rings. The van der Waals surface area contributed by atoms with Crippen molar-refractivity contribution in [1.29, 1.82) is 0 Å². The number of aromatic hydroxyl groups is 1. The summed E-state index contributed by atoms with van der Waals surface area (Å²) in [6.07, 6.45) is 1.83. The number of phenols is 1. The number of imidazole rings is 1. The molecule has 16 heavy (non-hydrogen) atoms. The van der Waals surface area contributed by atoms with Crippen LogP contribution in [0.3, 0.4) is 0 Å². The summed E-state index contributed by atoms with van der Waals surface area (Å²) in [5.74, 6) is 0.276. The van der Waals surface area contributed by atoms with E-state index >= 15 is 0 Å². The van der Waals surface area contributed by atoms with Gasteiger partial charge in [-0.3, -0.25) is 0 Å². The lowest BCUT2D eigenvalue weighted by atomic mass is 10.1. The monoisotopic (exact) mass is 280 g/mol. The van der Waals surface area contributed by atoms with Gasteiger partial charge in [0.15, 0.2) is 4.73 Å². The zero-order valence-corrected chi connectivity index (χ0v) is 10.8. The van der Waals surface area contributed by atoms with Gasteiger partial charge in [0, 0.05) is 11.6 Å². The van der Waals surface area contributed by atoms with E-state index in [0.29, 0.717) is 6.04 Å². The molecule has 0 bridgehead atoms. The molecule has 1 aromatic carbocycles. The van der Waals surface area contributed by atoms with Gasteiger partial charge in [0.1, 0.15) is 5.75 Å². The first kappa shape index (κ1) is 11.2. The molecule has 0 amide bonds. The Bertz CT molecular complexity index is 488. The van der Waals surface area contributed by atoms with Crippen molar-refractivity contribution in [2.24, 2.45) is 0 Å². The molecule has 2 rings (SSSR count). The summed E-state index contributed by atoms with van der Waals surface area (Å²) in [4.78, 5) is 4.25. The first-order valence-electron chi connectivity index (χ1n) is 5.11. The van der Waals surface area contributed by atoms with Crippen LogP contribution in [0.15, 0.2) is 35.2 Å². The molecule has 0 aliphatic carbocycles. The summed E-state index contributed by atoms with van der Waals surface area (Å²) in [5.41, 5.74) is 2.09. The second-order valence-corrected chi connectivity index (χ2v) is 4.63. The minimum Gasteiger partial charge on any atom is -0.508 e. The van der Waals surface area contributed by atoms with Gasteiger partial charge in [0.05, 0.1) is 11.9 Å². The maximum atomic E-state index is 9.26. The topological polar surface area (TPSA) is 38.0 Å². The summed E-state index contributed by atoms with van der Waals surface area (Å²) < 4.78 is 2.93. The van der Waals surface area contributed by atoms with E-state index in [1.54, 1.807) is 12.1 Å². The molecule has 0 saturated carbocycles. The largest absolute Gasteiger partial charge is 0.508 e. The lowest BCUT2D eigenvalue weighted by Gasteiger charge is -2.13. The summed E-state index contributed by atoms with van der Waals surface area (Å²) >= 11 is 3.43. The highest BCUT2D eigenvalue weighted by atomic mass is 79.9. The van der Waals surface area contributed by atoms with Crippen molar-refractivity contribution in [3.63, 3.8) is 0 Å². The van der Waals surface area contributed by atoms with Crippen LogP contribution in [0.25, 0.3) is 11.3 Å². The second kappa shape index (κ2) is 4.29. The van der Waals surface area contributed by atoms with Gasteiger partial charge >= 0.3 is 0 Å². The lowest BCUT2D eigenvalue weighted by molar-refractivity contribution is 0.475. The average molecular weight is 281 g/mol. The number of rotatable bonds is 2. The molecule has 3 nitrogen and oxygen atoms in total. The summed E-state index contributed by atoms with van der Waals surface area (Å²) in [6, 6.07) is 7.47. The Morgan fingerprint density at radius 2 is 1.88 bits per heavy atom. The zero-order valence-electron chi connectivity index (χ0n) is 9.18. The fraction of sp³-hybridized carbons (Fsp3) is 0.250. The van der Waals surface area contributed by atoms with E-state index in [-0.39, 0.29) is 5.75 Å². The van der Waals surface area contributed by atoms with Crippen LogP contribution < -0.4 is 0 Å². The number of benzene rings is 1. The van der Waals surface area contributed by atoms with E-state index in [0.717, 1.165) is 16.0 Å². The molecular weight excluding hydrogens is 268 g/mol. The number of aromatic nitrogens is 2. The first-order valence-corrected chi connectivity index (χ1v) is 5.91. The second-order valence-electron chi connectivity index (χ2n) is 3.92. The number of nitrogens with zero attached hydrogens (tertiary/aromatic N) is 2. The van der Waals surface area contributed by atoms with Gasteiger partial charge in [0.2, 0.25) is 0 Å². The highest BCUT2D eigenvalue weighted by Gasteiger charge is 2.12. The minimum absolute atomic E-state index is 0.276. The molecule has 4 heteroatoms. The molecule has 0 spiro atoms. The maximum absolute atomic E-state index is 9.26. The average Bonchev–Trinajstić information content (AvgIpc) is 2.61. The third kappa shape index (κ3) is 1.97. The van der Waals surface area contributed by atoms with E-state index in [1.807, 2.05) is 18.3 Å². The Morgan fingerprint density at radius 1 is 1.25 bits per heavy atom. The molecule has 1 heterocycles. The Kier molecular flexibility index (Phi) is 3.01. The van der Waals surface area contributed by atoms with E-state index in [1.165, 1.54) is 0 Å². The smallest absolute Gasteiger partial charge is 0.177 e. The zero-order chi connectivity index (χ0) is 11.7. The highest BCUT2D eigenvalue weighted by molar-refractivity contribution is 9.10. The van der Waals surface area contributed by atoms with Gasteiger partial charge < -0.3 is 9.67 Å². The van der Waals surface area contributed by atoms with Crippen molar-refractivity contribution in [3.8, 4) is 17.0 Å². The molecule has 1 aromatic heterocycles. The van der Waals surface area contributed by atoms with Crippen LogP contribution in [-0.4, -0.2) is 14.7 Å². The molecule has 0 unspecified atom stereocenters. The maximum Gasteiger partial charge on any atom is 0.177 e. The van der Waals surface area contributed by atoms with E-state index in [2.05, 4.69) is 39.3 Å². The highest BCUT2D eigenvalue weighted by Crippen LogP contribution is 2.28. The third-order valence-electron chi connectivity index (χ3n) is 2.43. The summed E-state index contributed by atoms with van der Waals surface area (Å²) in [7, 11) is 0. The van der Waals surface area contributed by atoms with Gasteiger partial charge in [-0.15, -0.1) is 0 Å². The van der Waals surface area contributed by atoms with Gasteiger partial charge in [-0.2, -0.15) is 0 Å². The molecule has 0 radical (unpaired) electrons. The van der Waals surface area contributed by atoms with Crippen LogP contribution in [0.1, 0.15) is 19.9 Å². The van der Waals surface area contributed by atoms with Gasteiger partial charge in [-0.05, 0) is 54.0 Å². The van der Waals surface area contributed by atoms with Crippen LogP contribution in [0.4, 0.5) is 0 Å². The fourth-order valence-electron chi connectivity index (χ4n) is 1.68. The van der Waals surface area contributed by atoms with Crippen molar-refractivity contribution < 1.29 is 5.11 Å². The molecule has 2 aromatic rings. The molecule has 84 valence electrons. The Morgan fingerprint density at radius 3 is 2.44 bits per heavy atom. The number of hydrogen-bond acceptors (Lipinski definition) is 2. The van der Waals surface area contributed by atoms with E-state index in [9.17, 15) is 5.11 Å². The number of hydrogen-bond donors (Lipinski definition) is 1. The first-order chi connectivity index (χ1) is 7.59. The van der Waals surface area contributed by atoms with Crippen LogP contribution in [0, 0.1) is 0 Å². The summed E-state index contributed by atoms with van der Waals surface area (Å²) in [5, 5.41) is 9.26. The predicted octanol–water partition coefficient (Wildman–Crippen LogP) is 3.60. The lowest BCUT2D eigenvalue weighted by Crippen LogP contribution is -2.02. The molecule has 0 saturated heterocycles. The predicted molar refractivity (Wildman–Crippen MR) is 67.4 cm³/mol. The fourth-order valence-corrected chi connectivity index (χ4v) is 2.38. The van der Waals surface area contributed by atoms with Crippen molar-refractivity contribution in [3.05, 3.63) is 35.2 Å². The molecule has 0 aliphatic rings. The van der Waals surface area contributed by atoms with Gasteiger partial charge in [-0.25, -0.2) is 4.98 Å². The van der Waals surface area contributed by atoms with Crippen molar-refractivity contribution in [2.75, 3.05) is 0 Å². The van der Waals surface area contributed by atoms with Gasteiger partial charge in [0.25, 0.3) is 0 Å². The van der Waals surface area contributed by atoms with Crippen LogP contribution >= 0.6 is 15.9 Å². The van der Waals surface area contributed by atoms with Crippen molar-refractivity contribution >= 4 is 15.9 Å². The third-order valence-corrected chi connectivity index (χ3v) is 3.02. The number of phenolic OH excluding ortho intramolecular Hbond substituents is 1. The van der Waals surface area contributed by atoms with Crippen LogP contribution in [0.2, 0.25) is 0 Å². The molecule has 0 atom stereocenters. The molecular formula is C12H13BrN2O. The van der Waals surface area contributed by atoms with E-state index in [4.69, 9.17) is 0 Å². The van der Waals surface area contributed by atoms with Crippen molar-refractivity contribution in [1.82, 2.24) is 9.55 Å². The molecule has 0 aliphatic heterocycles. The SMILES string of the molecule is CC(C)n1c(-c2ccc(O)cc2)cnc1Br. The Labute approximate surface area is 103 Å². The van der Waals surface area contributed by atoms with Gasteiger partial charge in [-0.1, -0.05) is 0 Å². The number of halogens is 1. The quantitative estimate of drug-likeness (QED) is 0.913. The van der Waals surface area contributed by atoms with Crippen LogP contribution in [-0.2, 0) is 0 Å². The van der Waals surface area contributed by atoms with E-state index < -0.39 is 0 Å². The Balaban J connectivity index is 2.52. The standard InChI is InChI=1S/C12H13BrN2O/c1-8(2)15-11(7-14-12(15)13)9-3-5-10(16)6-4-9/h3-8,16H,1-2H3.